The number of aryl methyl sites for hydroxylation is 1. The molecule has 0 aromatic carbocycles. The van der Waals surface area contributed by atoms with Crippen LogP contribution < -0.4 is 5.32 Å². The molecular weight excluding hydrogens is 196 g/mol. The number of nitrogens with zero attached hydrogens (tertiary/aromatic N) is 1. The van der Waals surface area contributed by atoms with E-state index in [1.165, 1.54) is 5.56 Å². The Hall–Kier alpha value is -1.33. The van der Waals surface area contributed by atoms with Crippen LogP contribution in [-0.4, -0.2) is 17.6 Å². The fourth-order valence-electron chi connectivity index (χ4n) is 1.78. The number of pyridine rings is 1. The molecule has 0 bridgehead atoms. The molecule has 1 rings (SSSR count). The Kier molecular flexibility index (Phi) is 6.29. The van der Waals surface area contributed by atoms with E-state index in [9.17, 15) is 0 Å². The molecule has 1 N–H and O–H groups in total. The summed E-state index contributed by atoms with van der Waals surface area (Å²) in [6, 6.07) is 4.64. The Morgan fingerprint density at radius 2 is 2.38 bits per heavy atom. The van der Waals surface area contributed by atoms with E-state index in [4.69, 9.17) is 6.42 Å². The minimum atomic E-state index is 0.529. The first-order valence-electron chi connectivity index (χ1n) is 5.92. The molecule has 86 valence electrons. The van der Waals surface area contributed by atoms with Gasteiger partial charge in [-0.05, 0) is 37.4 Å². The number of hydrogen-bond acceptors (Lipinski definition) is 2. The summed E-state index contributed by atoms with van der Waals surface area (Å²) in [6.07, 6.45) is 13.1. The predicted molar refractivity (Wildman–Crippen MR) is 68.1 cm³/mol. The lowest BCUT2D eigenvalue weighted by molar-refractivity contribution is 0.469. The first kappa shape index (κ1) is 12.7. The second-order valence-corrected chi connectivity index (χ2v) is 3.90. The molecule has 1 unspecified atom stereocenters. The lowest BCUT2D eigenvalue weighted by atomic mass is 10.0. The number of terminal acetylenes is 1. The quantitative estimate of drug-likeness (QED) is 0.708. The molecule has 0 spiro atoms. The van der Waals surface area contributed by atoms with Crippen molar-refractivity contribution in [3.8, 4) is 12.3 Å². The third-order valence-electron chi connectivity index (χ3n) is 2.63. The van der Waals surface area contributed by atoms with Crippen LogP contribution in [0.2, 0.25) is 0 Å². The van der Waals surface area contributed by atoms with Gasteiger partial charge in [0.05, 0.1) is 0 Å². The van der Waals surface area contributed by atoms with E-state index in [1.54, 1.807) is 0 Å². The van der Waals surface area contributed by atoms with Gasteiger partial charge in [-0.1, -0.05) is 13.0 Å². The summed E-state index contributed by atoms with van der Waals surface area (Å²) in [6.45, 7) is 3.13. The summed E-state index contributed by atoms with van der Waals surface area (Å²) in [5.41, 5.74) is 1.30. The minimum absolute atomic E-state index is 0.529. The lowest BCUT2D eigenvalue weighted by Gasteiger charge is -2.16. The highest BCUT2D eigenvalue weighted by atomic mass is 14.9. The molecule has 0 fully saturated rings. The molecule has 0 amide bonds. The van der Waals surface area contributed by atoms with Gasteiger partial charge in [0.1, 0.15) is 0 Å². The predicted octanol–water partition coefficient (Wildman–Crippen LogP) is 2.41. The van der Waals surface area contributed by atoms with E-state index in [1.807, 2.05) is 18.5 Å². The molecule has 0 aliphatic carbocycles. The summed E-state index contributed by atoms with van der Waals surface area (Å²) in [5.74, 6) is 2.70. The van der Waals surface area contributed by atoms with Crippen LogP contribution in [0.3, 0.4) is 0 Å². The number of aromatic nitrogens is 1. The maximum absolute atomic E-state index is 5.29. The van der Waals surface area contributed by atoms with E-state index < -0.39 is 0 Å². The average Bonchev–Trinajstić information content (AvgIpc) is 2.34. The van der Waals surface area contributed by atoms with Crippen LogP contribution >= 0.6 is 0 Å². The molecule has 16 heavy (non-hydrogen) atoms. The Morgan fingerprint density at radius 1 is 1.50 bits per heavy atom. The topological polar surface area (TPSA) is 24.9 Å². The van der Waals surface area contributed by atoms with Crippen LogP contribution in [0.1, 0.15) is 31.7 Å². The molecule has 0 radical (unpaired) electrons. The number of rotatable bonds is 7. The van der Waals surface area contributed by atoms with Crippen molar-refractivity contribution in [2.45, 2.75) is 38.6 Å². The number of nitrogens with one attached hydrogen (secondary N) is 1. The molecule has 1 atom stereocenters. The van der Waals surface area contributed by atoms with Gasteiger partial charge in [-0.15, -0.1) is 12.3 Å². The molecule has 1 aromatic rings. The Bertz CT molecular complexity index is 313. The molecule has 2 nitrogen and oxygen atoms in total. The minimum Gasteiger partial charge on any atom is -0.314 e. The van der Waals surface area contributed by atoms with E-state index >= 15 is 0 Å². The summed E-state index contributed by atoms with van der Waals surface area (Å²) >= 11 is 0. The van der Waals surface area contributed by atoms with Gasteiger partial charge in [0, 0.05) is 24.9 Å². The summed E-state index contributed by atoms with van der Waals surface area (Å²) in [7, 11) is 0. The number of hydrogen-bond donors (Lipinski definition) is 1. The summed E-state index contributed by atoms with van der Waals surface area (Å²) < 4.78 is 0. The third kappa shape index (κ3) is 4.95. The smallest absolute Gasteiger partial charge is 0.0299 e. The maximum atomic E-state index is 5.29. The zero-order valence-corrected chi connectivity index (χ0v) is 9.95. The van der Waals surface area contributed by atoms with Crippen molar-refractivity contribution < 1.29 is 0 Å². The molecule has 0 saturated carbocycles. The van der Waals surface area contributed by atoms with E-state index in [0.717, 1.165) is 32.2 Å². The highest BCUT2D eigenvalue weighted by Gasteiger charge is 2.06. The van der Waals surface area contributed by atoms with Crippen molar-refractivity contribution in [3.05, 3.63) is 30.1 Å². The average molecular weight is 216 g/mol. The molecule has 1 heterocycles. The Labute approximate surface area is 98.5 Å². The maximum Gasteiger partial charge on any atom is 0.0299 e. The van der Waals surface area contributed by atoms with Crippen LogP contribution in [0.4, 0.5) is 0 Å². The van der Waals surface area contributed by atoms with Crippen LogP contribution in [0.25, 0.3) is 0 Å². The summed E-state index contributed by atoms with van der Waals surface area (Å²) in [5, 5.41) is 3.47. The fourth-order valence-corrected chi connectivity index (χ4v) is 1.78. The zero-order chi connectivity index (χ0) is 11.6. The molecule has 2 heteroatoms. The van der Waals surface area contributed by atoms with Gasteiger partial charge in [0.25, 0.3) is 0 Å². The SMILES string of the molecule is C#CCCC(CCc1cccnc1)NCC. The monoisotopic (exact) mass is 216 g/mol. The van der Waals surface area contributed by atoms with Gasteiger partial charge in [-0.25, -0.2) is 0 Å². The van der Waals surface area contributed by atoms with Crippen LogP contribution in [-0.2, 0) is 6.42 Å². The van der Waals surface area contributed by atoms with Crippen LogP contribution in [0, 0.1) is 12.3 Å². The standard InChI is InChI=1S/C14H20N2/c1-3-5-8-14(16-4-2)10-9-13-7-6-11-15-12-13/h1,6-7,11-12,14,16H,4-5,8-10H2,2H3. The van der Waals surface area contributed by atoms with Gasteiger partial charge < -0.3 is 5.32 Å². The van der Waals surface area contributed by atoms with Crippen molar-refractivity contribution in [3.63, 3.8) is 0 Å². The van der Waals surface area contributed by atoms with Crippen molar-refractivity contribution in [1.29, 1.82) is 0 Å². The van der Waals surface area contributed by atoms with E-state index in [2.05, 4.69) is 29.2 Å². The highest BCUT2D eigenvalue weighted by molar-refractivity contribution is 5.08. The first-order chi connectivity index (χ1) is 7.86. The van der Waals surface area contributed by atoms with E-state index in [-0.39, 0.29) is 0 Å². The van der Waals surface area contributed by atoms with Gasteiger partial charge in [0.2, 0.25) is 0 Å². The first-order valence-corrected chi connectivity index (χ1v) is 5.92. The molecule has 0 aliphatic heterocycles. The second-order valence-electron chi connectivity index (χ2n) is 3.90. The van der Waals surface area contributed by atoms with Crippen molar-refractivity contribution in [2.75, 3.05) is 6.54 Å². The molecular formula is C14H20N2. The molecule has 0 saturated heterocycles. The fraction of sp³-hybridized carbons (Fsp3) is 0.500. The lowest BCUT2D eigenvalue weighted by Crippen LogP contribution is -2.29. The Morgan fingerprint density at radius 3 is 3.00 bits per heavy atom. The Balaban J connectivity index is 2.35. The van der Waals surface area contributed by atoms with Crippen molar-refractivity contribution in [1.82, 2.24) is 10.3 Å². The highest BCUT2D eigenvalue weighted by Crippen LogP contribution is 2.07. The third-order valence-corrected chi connectivity index (χ3v) is 2.63. The zero-order valence-electron chi connectivity index (χ0n) is 9.95. The van der Waals surface area contributed by atoms with Crippen molar-refractivity contribution >= 4 is 0 Å². The molecule has 0 aliphatic rings. The molecule has 1 aromatic heterocycles. The largest absolute Gasteiger partial charge is 0.314 e. The van der Waals surface area contributed by atoms with Gasteiger partial charge in [-0.3, -0.25) is 4.98 Å². The second kappa shape index (κ2) is 7.90. The van der Waals surface area contributed by atoms with Crippen LogP contribution in [0.15, 0.2) is 24.5 Å². The van der Waals surface area contributed by atoms with Gasteiger partial charge in [0.15, 0.2) is 0 Å². The van der Waals surface area contributed by atoms with E-state index in [0.29, 0.717) is 6.04 Å². The van der Waals surface area contributed by atoms with Crippen molar-refractivity contribution in [2.24, 2.45) is 0 Å². The van der Waals surface area contributed by atoms with Crippen LogP contribution in [0.5, 0.6) is 0 Å². The van der Waals surface area contributed by atoms with Gasteiger partial charge in [-0.2, -0.15) is 0 Å². The van der Waals surface area contributed by atoms with Gasteiger partial charge >= 0.3 is 0 Å². The normalized spacial score (nSPS) is 12.0. The summed E-state index contributed by atoms with van der Waals surface area (Å²) in [4.78, 5) is 4.12.